The molecule has 28 heavy (non-hydrogen) atoms. The second-order valence-electron chi connectivity index (χ2n) is 7.02. The molecule has 1 aliphatic rings. The van der Waals surface area contributed by atoms with Crippen molar-refractivity contribution in [2.24, 2.45) is 0 Å². The van der Waals surface area contributed by atoms with E-state index in [1.165, 1.54) is 33.6 Å². The van der Waals surface area contributed by atoms with Crippen LogP contribution in [-0.2, 0) is 24.2 Å². The fourth-order valence-corrected chi connectivity index (χ4v) is 5.01. The summed E-state index contributed by atoms with van der Waals surface area (Å²) in [6, 6.07) is 9.44. The number of hydrogen-bond donors (Lipinski definition) is 1. The SMILES string of the molecule is N#Cc1c(NC(=O)CCn2c(=O)oc3ccccc32)sc2c1CCCCCC2. The van der Waals surface area contributed by atoms with Crippen molar-refractivity contribution in [3.05, 3.63) is 50.8 Å². The highest BCUT2D eigenvalue weighted by Gasteiger charge is 2.20. The van der Waals surface area contributed by atoms with Gasteiger partial charge in [-0.2, -0.15) is 5.26 Å². The zero-order valence-electron chi connectivity index (χ0n) is 15.5. The lowest BCUT2D eigenvalue weighted by Crippen LogP contribution is -2.19. The summed E-state index contributed by atoms with van der Waals surface area (Å²) in [7, 11) is 0. The first-order valence-electron chi connectivity index (χ1n) is 9.60. The molecule has 0 spiro atoms. The summed E-state index contributed by atoms with van der Waals surface area (Å²) in [5.41, 5.74) is 2.91. The molecule has 1 N–H and O–H groups in total. The monoisotopic (exact) mass is 395 g/mol. The summed E-state index contributed by atoms with van der Waals surface area (Å²) < 4.78 is 6.67. The van der Waals surface area contributed by atoms with Crippen LogP contribution < -0.4 is 11.1 Å². The average molecular weight is 395 g/mol. The number of aryl methyl sites for hydroxylation is 2. The minimum absolute atomic E-state index is 0.136. The standard InChI is InChI=1S/C21H21N3O3S/c22-13-15-14-7-3-1-2-4-10-18(14)28-20(15)23-19(25)11-12-24-16-8-5-6-9-17(16)27-21(24)26/h5-6,8-9H,1-4,7,10-12H2,(H,23,25). The quantitative estimate of drug-likeness (QED) is 0.716. The number of hydrogen-bond acceptors (Lipinski definition) is 5. The number of rotatable bonds is 4. The molecule has 0 fully saturated rings. The fourth-order valence-electron chi connectivity index (χ4n) is 3.75. The maximum atomic E-state index is 12.5. The van der Waals surface area contributed by atoms with E-state index in [1.807, 2.05) is 6.07 Å². The number of amides is 1. The van der Waals surface area contributed by atoms with Gasteiger partial charge in [-0.25, -0.2) is 4.79 Å². The van der Waals surface area contributed by atoms with E-state index in [0.29, 0.717) is 21.7 Å². The minimum atomic E-state index is -0.467. The van der Waals surface area contributed by atoms with E-state index in [1.54, 1.807) is 18.2 Å². The van der Waals surface area contributed by atoms with Crippen molar-refractivity contribution >= 4 is 33.3 Å². The predicted molar refractivity (Wildman–Crippen MR) is 109 cm³/mol. The molecule has 0 aliphatic heterocycles. The third-order valence-electron chi connectivity index (χ3n) is 5.17. The second kappa shape index (κ2) is 8.03. The van der Waals surface area contributed by atoms with E-state index in [-0.39, 0.29) is 18.9 Å². The number of para-hydroxylation sites is 2. The van der Waals surface area contributed by atoms with Crippen LogP contribution in [0.25, 0.3) is 11.1 Å². The molecule has 0 bridgehead atoms. The van der Waals surface area contributed by atoms with Gasteiger partial charge in [0.15, 0.2) is 5.58 Å². The first-order valence-corrected chi connectivity index (χ1v) is 10.4. The zero-order valence-corrected chi connectivity index (χ0v) is 16.3. The number of aromatic nitrogens is 1. The van der Waals surface area contributed by atoms with Crippen LogP contribution in [0.1, 0.15) is 48.1 Å². The number of nitrogens with zero attached hydrogens (tertiary/aromatic N) is 2. The van der Waals surface area contributed by atoms with Crippen molar-refractivity contribution in [1.29, 1.82) is 5.26 Å². The molecular weight excluding hydrogens is 374 g/mol. The number of thiophene rings is 1. The number of nitriles is 1. The Balaban J connectivity index is 1.49. The number of oxazole rings is 1. The lowest BCUT2D eigenvalue weighted by Gasteiger charge is -2.08. The molecule has 1 aromatic carbocycles. The summed E-state index contributed by atoms with van der Waals surface area (Å²) in [5.74, 6) is -0.672. The molecule has 1 aliphatic carbocycles. The number of carbonyl (C=O) groups is 1. The van der Waals surface area contributed by atoms with Gasteiger partial charge in [-0.15, -0.1) is 11.3 Å². The Hall–Kier alpha value is -2.85. The molecule has 2 heterocycles. The molecule has 2 aromatic heterocycles. The maximum absolute atomic E-state index is 12.5. The molecule has 0 unspecified atom stereocenters. The fraction of sp³-hybridized carbons (Fsp3) is 0.381. The lowest BCUT2D eigenvalue weighted by atomic mass is 9.97. The first kappa shape index (κ1) is 18.5. The first-order chi connectivity index (χ1) is 13.7. The summed E-state index contributed by atoms with van der Waals surface area (Å²) in [4.78, 5) is 25.8. The Kier molecular flexibility index (Phi) is 5.31. The Labute approximate surface area is 166 Å². The predicted octanol–water partition coefficient (Wildman–Crippen LogP) is 4.22. The molecule has 6 nitrogen and oxygen atoms in total. The van der Waals surface area contributed by atoms with Crippen molar-refractivity contribution in [3.63, 3.8) is 0 Å². The smallest absolute Gasteiger partial charge is 0.408 e. The van der Waals surface area contributed by atoms with Crippen molar-refractivity contribution in [2.75, 3.05) is 5.32 Å². The van der Waals surface area contributed by atoms with Gasteiger partial charge in [-0.1, -0.05) is 25.0 Å². The number of fused-ring (bicyclic) bond motifs is 2. The topological polar surface area (TPSA) is 88.0 Å². The summed E-state index contributed by atoms with van der Waals surface area (Å²) in [5, 5.41) is 13.2. The highest BCUT2D eigenvalue weighted by atomic mass is 32.1. The Bertz CT molecular complexity index is 1120. The second-order valence-corrected chi connectivity index (χ2v) is 8.12. The van der Waals surface area contributed by atoms with Crippen LogP contribution in [0.3, 0.4) is 0 Å². The van der Waals surface area contributed by atoms with E-state index in [9.17, 15) is 14.9 Å². The van der Waals surface area contributed by atoms with E-state index in [0.717, 1.165) is 31.2 Å². The largest absolute Gasteiger partial charge is 0.419 e. The number of benzene rings is 1. The van der Waals surface area contributed by atoms with Crippen LogP contribution in [0, 0.1) is 11.3 Å². The molecule has 4 rings (SSSR count). The minimum Gasteiger partial charge on any atom is -0.408 e. The molecular formula is C21H21N3O3S. The van der Waals surface area contributed by atoms with Crippen molar-refractivity contribution in [1.82, 2.24) is 4.57 Å². The highest BCUT2D eigenvalue weighted by molar-refractivity contribution is 7.16. The van der Waals surface area contributed by atoms with Crippen LogP contribution >= 0.6 is 11.3 Å². The van der Waals surface area contributed by atoms with Gasteiger partial charge in [-0.3, -0.25) is 9.36 Å². The molecule has 0 atom stereocenters. The summed E-state index contributed by atoms with van der Waals surface area (Å²) in [6.07, 6.45) is 6.63. The third kappa shape index (κ3) is 3.60. The third-order valence-corrected chi connectivity index (χ3v) is 6.38. The van der Waals surface area contributed by atoms with Gasteiger partial charge in [0.25, 0.3) is 0 Å². The molecule has 0 saturated heterocycles. The Morgan fingerprint density at radius 3 is 2.82 bits per heavy atom. The van der Waals surface area contributed by atoms with Crippen molar-refractivity contribution in [3.8, 4) is 6.07 Å². The lowest BCUT2D eigenvalue weighted by molar-refractivity contribution is -0.116. The Morgan fingerprint density at radius 1 is 1.21 bits per heavy atom. The molecule has 144 valence electrons. The van der Waals surface area contributed by atoms with Gasteiger partial charge in [0.2, 0.25) is 5.91 Å². The molecule has 7 heteroatoms. The van der Waals surface area contributed by atoms with E-state index in [2.05, 4.69) is 11.4 Å². The number of carbonyl (C=O) groups excluding carboxylic acids is 1. The molecule has 0 saturated carbocycles. The van der Waals surface area contributed by atoms with Gasteiger partial charge in [0.1, 0.15) is 11.1 Å². The van der Waals surface area contributed by atoms with Crippen LogP contribution in [0.15, 0.2) is 33.5 Å². The maximum Gasteiger partial charge on any atom is 0.419 e. The average Bonchev–Trinajstić information content (AvgIpc) is 3.15. The van der Waals surface area contributed by atoms with Crippen LogP contribution in [0.4, 0.5) is 5.00 Å². The van der Waals surface area contributed by atoms with Gasteiger partial charge in [0, 0.05) is 17.8 Å². The zero-order chi connectivity index (χ0) is 19.5. The van der Waals surface area contributed by atoms with E-state index >= 15 is 0 Å². The molecule has 0 radical (unpaired) electrons. The summed E-state index contributed by atoms with van der Waals surface area (Å²) >= 11 is 1.53. The number of anilines is 1. The van der Waals surface area contributed by atoms with Crippen LogP contribution in [0.2, 0.25) is 0 Å². The van der Waals surface area contributed by atoms with Gasteiger partial charge >= 0.3 is 5.76 Å². The molecule has 3 aromatic rings. The number of nitrogens with one attached hydrogen (secondary N) is 1. The van der Waals surface area contributed by atoms with Crippen molar-refractivity contribution in [2.45, 2.75) is 51.5 Å². The molecule has 1 amide bonds. The van der Waals surface area contributed by atoms with Gasteiger partial charge < -0.3 is 9.73 Å². The Morgan fingerprint density at radius 2 is 2.00 bits per heavy atom. The van der Waals surface area contributed by atoms with Gasteiger partial charge in [0.05, 0.1) is 11.1 Å². The van der Waals surface area contributed by atoms with Gasteiger partial charge in [-0.05, 0) is 43.4 Å². The van der Waals surface area contributed by atoms with Crippen LogP contribution in [0.5, 0.6) is 0 Å². The highest BCUT2D eigenvalue weighted by Crippen LogP contribution is 2.36. The van der Waals surface area contributed by atoms with E-state index < -0.39 is 5.76 Å². The van der Waals surface area contributed by atoms with Crippen LogP contribution in [-0.4, -0.2) is 10.5 Å². The van der Waals surface area contributed by atoms with Crippen molar-refractivity contribution < 1.29 is 9.21 Å². The van der Waals surface area contributed by atoms with E-state index in [4.69, 9.17) is 4.42 Å². The summed E-state index contributed by atoms with van der Waals surface area (Å²) in [6.45, 7) is 0.231. The normalized spacial score (nSPS) is 14.1.